The molecular formula is C22H32N2O4. The van der Waals surface area contributed by atoms with Gasteiger partial charge >= 0.3 is 0 Å². The van der Waals surface area contributed by atoms with Crippen molar-refractivity contribution >= 4 is 11.8 Å². The summed E-state index contributed by atoms with van der Waals surface area (Å²) in [5.41, 5.74) is 0.644. The van der Waals surface area contributed by atoms with Gasteiger partial charge in [-0.1, -0.05) is 13.8 Å². The molecule has 0 bridgehead atoms. The third-order valence-electron chi connectivity index (χ3n) is 5.40. The van der Waals surface area contributed by atoms with Gasteiger partial charge in [-0.3, -0.25) is 9.59 Å². The smallest absolute Gasteiger partial charge is 0.260 e. The molecule has 3 rings (SSSR count). The van der Waals surface area contributed by atoms with E-state index in [0.717, 1.165) is 32.4 Å². The second-order valence-electron chi connectivity index (χ2n) is 8.11. The maximum Gasteiger partial charge on any atom is 0.260 e. The van der Waals surface area contributed by atoms with E-state index in [1.165, 1.54) is 6.42 Å². The van der Waals surface area contributed by atoms with Crippen molar-refractivity contribution in [2.24, 2.45) is 5.92 Å². The molecule has 6 nitrogen and oxygen atoms in total. The second kappa shape index (κ2) is 9.92. The summed E-state index contributed by atoms with van der Waals surface area (Å²) >= 11 is 0. The summed E-state index contributed by atoms with van der Waals surface area (Å²) in [4.78, 5) is 28.9. The van der Waals surface area contributed by atoms with Crippen molar-refractivity contribution in [2.75, 3.05) is 39.5 Å². The third kappa shape index (κ3) is 5.47. The first-order valence-corrected chi connectivity index (χ1v) is 10.4. The molecule has 2 amide bonds. The van der Waals surface area contributed by atoms with Crippen LogP contribution < -0.4 is 4.74 Å². The van der Waals surface area contributed by atoms with Crippen LogP contribution in [0.2, 0.25) is 0 Å². The maximum atomic E-state index is 12.9. The summed E-state index contributed by atoms with van der Waals surface area (Å²) in [6, 6.07) is 7.23. The van der Waals surface area contributed by atoms with Gasteiger partial charge < -0.3 is 19.3 Å². The molecule has 1 aromatic carbocycles. The predicted octanol–water partition coefficient (Wildman–Crippen LogP) is 2.97. The Morgan fingerprint density at radius 1 is 1.11 bits per heavy atom. The van der Waals surface area contributed by atoms with E-state index in [9.17, 15) is 9.59 Å². The van der Waals surface area contributed by atoms with E-state index in [-0.39, 0.29) is 24.5 Å². The number of ether oxygens (including phenoxy) is 2. The van der Waals surface area contributed by atoms with Gasteiger partial charge in [-0.25, -0.2) is 0 Å². The number of piperidine rings is 1. The van der Waals surface area contributed by atoms with Gasteiger partial charge in [0.1, 0.15) is 5.75 Å². The minimum absolute atomic E-state index is 0.0321. The summed E-state index contributed by atoms with van der Waals surface area (Å²) < 4.78 is 11.2. The average molecular weight is 389 g/mol. The number of nitrogens with zero attached hydrogens (tertiary/aromatic N) is 2. The molecule has 154 valence electrons. The Balaban J connectivity index is 1.55. The first-order chi connectivity index (χ1) is 13.5. The lowest BCUT2D eigenvalue weighted by molar-refractivity contribution is -0.134. The van der Waals surface area contributed by atoms with Gasteiger partial charge in [0.05, 0.1) is 19.3 Å². The summed E-state index contributed by atoms with van der Waals surface area (Å²) in [5, 5.41) is 0. The number of carbonyl (C=O) groups is 2. The molecule has 2 saturated heterocycles. The van der Waals surface area contributed by atoms with Crippen LogP contribution in [0.4, 0.5) is 0 Å². The molecule has 2 fully saturated rings. The van der Waals surface area contributed by atoms with Crippen LogP contribution in [0.1, 0.15) is 49.9 Å². The van der Waals surface area contributed by atoms with E-state index in [2.05, 4.69) is 13.8 Å². The quantitative estimate of drug-likeness (QED) is 0.752. The number of carbonyl (C=O) groups excluding carboxylic acids is 2. The Kier molecular flexibility index (Phi) is 7.31. The number of amides is 2. The Labute approximate surface area is 167 Å². The summed E-state index contributed by atoms with van der Waals surface area (Å²) in [6.45, 7) is 7.83. The number of benzene rings is 1. The number of hydrogen-bond donors (Lipinski definition) is 0. The van der Waals surface area contributed by atoms with Gasteiger partial charge in [-0.05, 0) is 55.9 Å². The fourth-order valence-corrected chi connectivity index (χ4v) is 3.90. The van der Waals surface area contributed by atoms with Crippen molar-refractivity contribution in [3.8, 4) is 5.75 Å². The summed E-state index contributed by atoms with van der Waals surface area (Å²) in [5.74, 6) is 1.19. The molecule has 2 aliphatic heterocycles. The van der Waals surface area contributed by atoms with Gasteiger partial charge in [-0.2, -0.15) is 0 Å². The van der Waals surface area contributed by atoms with E-state index in [1.807, 2.05) is 9.80 Å². The average Bonchev–Trinajstić information content (AvgIpc) is 2.72. The molecule has 0 aromatic heterocycles. The monoisotopic (exact) mass is 388 g/mol. The minimum atomic E-state index is 0.0321. The molecule has 1 atom stereocenters. The molecule has 0 saturated carbocycles. The predicted molar refractivity (Wildman–Crippen MR) is 107 cm³/mol. The Morgan fingerprint density at radius 3 is 2.50 bits per heavy atom. The number of hydrogen-bond acceptors (Lipinski definition) is 4. The molecule has 2 heterocycles. The van der Waals surface area contributed by atoms with Gasteiger partial charge in [-0.15, -0.1) is 0 Å². The lowest BCUT2D eigenvalue weighted by atomic mass is 10.0. The molecule has 28 heavy (non-hydrogen) atoms. The fourth-order valence-electron chi connectivity index (χ4n) is 3.90. The highest BCUT2D eigenvalue weighted by molar-refractivity contribution is 5.94. The van der Waals surface area contributed by atoms with Gasteiger partial charge in [0, 0.05) is 25.2 Å². The Hall–Kier alpha value is -2.08. The highest BCUT2D eigenvalue weighted by Gasteiger charge is 2.28. The van der Waals surface area contributed by atoms with Crippen molar-refractivity contribution in [3.05, 3.63) is 29.8 Å². The van der Waals surface area contributed by atoms with E-state index < -0.39 is 0 Å². The summed E-state index contributed by atoms with van der Waals surface area (Å²) in [7, 11) is 0. The molecule has 0 radical (unpaired) electrons. The second-order valence-corrected chi connectivity index (χ2v) is 8.11. The first-order valence-electron chi connectivity index (χ1n) is 10.4. The van der Waals surface area contributed by atoms with E-state index >= 15 is 0 Å². The largest absolute Gasteiger partial charge is 0.484 e. The normalized spacial score (nSPS) is 20.3. The standard InChI is InChI=1S/C22H32N2O4/c1-17(2)14-19-15-27-13-12-24(19)22(26)18-6-8-20(9-7-18)28-16-21(25)23-10-4-3-5-11-23/h6-9,17,19H,3-5,10-16H2,1-2H3/t19-/m0/s1. The zero-order valence-corrected chi connectivity index (χ0v) is 17.1. The SMILES string of the molecule is CC(C)C[C@H]1COCCN1C(=O)c1ccc(OCC(=O)N2CCCCC2)cc1. The highest BCUT2D eigenvalue weighted by Crippen LogP contribution is 2.20. The van der Waals surface area contributed by atoms with Crippen molar-refractivity contribution in [2.45, 2.75) is 45.6 Å². The first kappa shape index (κ1) is 20.6. The number of likely N-dealkylation sites (tertiary alicyclic amines) is 1. The molecule has 0 spiro atoms. The molecule has 1 aromatic rings. The summed E-state index contributed by atoms with van der Waals surface area (Å²) in [6.07, 6.45) is 4.27. The Morgan fingerprint density at radius 2 is 1.82 bits per heavy atom. The van der Waals surface area contributed by atoms with Crippen LogP contribution in [0.5, 0.6) is 5.75 Å². The van der Waals surface area contributed by atoms with Gasteiger partial charge in [0.2, 0.25) is 0 Å². The topological polar surface area (TPSA) is 59.1 Å². The molecule has 0 N–H and O–H groups in total. The van der Waals surface area contributed by atoms with E-state index in [4.69, 9.17) is 9.47 Å². The zero-order valence-electron chi connectivity index (χ0n) is 17.1. The molecule has 6 heteroatoms. The van der Waals surface area contributed by atoms with Crippen molar-refractivity contribution in [3.63, 3.8) is 0 Å². The molecule has 2 aliphatic rings. The van der Waals surface area contributed by atoms with Crippen molar-refractivity contribution in [1.82, 2.24) is 9.80 Å². The lowest BCUT2D eigenvalue weighted by Gasteiger charge is -2.36. The van der Waals surface area contributed by atoms with Crippen LogP contribution in [0.3, 0.4) is 0 Å². The van der Waals surface area contributed by atoms with Crippen LogP contribution in [0, 0.1) is 5.92 Å². The van der Waals surface area contributed by atoms with E-state index in [0.29, 0.717) is 37.0 Å². The number of rotatable bonds is 6. The van der Waals surface area contributed by atoms with Crippen LogP contribution in [-0.4, -0.2) is 67.1 Å². The third-order valence-corrected chi connectivity index (χ3v) is 5.40. The van der Waals surface area contributed by atoms with Gasteiger partial charge in [0.15, 0.2) is 6.61 Å². The van der Waals surface area contributed by atoms with Crippen LogP contribution in [0.15, 0.2) is 24.3 Å². The molecule has 0 aliphatic carbocycles. The Bertz CT molecular complexity index is 653. The van der Waals surface area contributed by atoms with E-state index in [1.54, 1.807) is 24.3 Å². The van der Waals surface area contributed by atoms with Crippen LogP contribution in [0.25, 0.3) is 0 Å². The fraction of sp³-hybridized carbons (Fsp3) is 0.636. The van der Waals surface area contributed by atoms with Crippen molar-refractivity contribution < 1.29 is 19.1 Å². The van der Waals surface area contributed by atoms with Gasteiger partial charge in [0.25, 0.3) is 11.8 Å². The highest BCUT2D eigenvalue weighted by atomic mass is 16.5. The van der Waals surface area contributed by atoms with Crippen molar-refractivity contribution in [1.29, 1.82) is 0 Å². The van der Waals surface area contributed by atoms with Crippen LogP contribution in [-0.2, 0) is 9.53 Å². The lowest BCUT2D eigenvalue weighted by Crippen LogP contribution is -2.49. The van der Waals surface area contributed by atoms with Crippen LogP contribution >= 0.6 is 0 Å². The minimum Gasteiger partial charge on any atom is -0.484 e. The zero-order chi connectivity index (χ0) is 19.9. The maximum absolute atomic E-state index is 12.9. The number of morpholine rings is 1. The molecular weight excluding hydrogens is 356 g/mol. The molecule has 0 unspecified atom stereocenters.